The molecule has 5 aromatic rings. The van der Waals surface area contributed by atoms with Gasteiger partial charge in [-0.1, -0.05) is 97.1 Å². The Labute approximate surface area is 317 Å². The van der Waals surface area contributed by atoms with Crippen molar-refractivity contribution in [3.8, 4) is 11.1 Å². The third kappa shape index (κ3) is 10.8. The molecule has 4 unspecified atom stereocenters. The van der Waals surface area contributed by atoms with Crippen molar-refractivity contribution in [3.05, 3.63) is 161 Å². The van der Waals surface area contributed by atoms with Gasteiger partial charge in [-0.05, 0) is 64.7 Å². The van der Waals surface area contributed by atoms with Crippen LogP contribution in [-0.4, -0.2) is 66.4 Å². The maximum atomic E-state index is 12.9. The first-order valence-corrected chi connectivity index (χ1v) is 18.3. The summed E-state index contributed by atoms with van der Waals surface area (Å²) in [6.45, 7) is 1.83. The number of likely N-dealkylation sites (N-methyl/N-ethyl adjacent to an activating group) is 1. The van der Waals surface area contributed by atoms with Crippen molar-refractivity contribution in [3.63, 3.8) is 0 Å². The molecule has 0 saturated carbocycles. The predicted molar refractivity (Wildman–Crippen MR) is 207 cm³/mol. The molecule has 4 atom stereocenters. The number of carbonyl (C=O) groups excluding carboxylic acids is 2. The molecule has 0 aliphatic carbocycles. The van der Waals surface area contributed by atoms with Crippen molar-refractivity contribution in [2.75, 3.05) is 27.2 Å². The summed E-state index contributed by atoms with van der Waals surface area (Å²) in [5.41, 5.74) is 7.63. The van der Waals surface area contributed by atoms with Gasteiger partial charge in [0.1, 0.15) is 6.04 Å². The Morgan fingerprint density at radius 3 is 2.33 bits per heavy atom. The maximum Gasteiger partial charge on any atom is 0.328 e. The van der Waals surface area contributed by atoms with Crippen LogP contribution in [0.2, 0.25) is 0 Å². The van der Waals surface area contributed by atoms with Gasteiger partial charge in [0.05, 0.1) is 25.9 Å². The van der Waals surface area contributed by atoms with Gasteiger partial charge < -0.3 is 34.9 Å². The first kappa shape index (κ1) is 38.3. The summed E-state index contributed by atoms with van der Waals surface area (Å²) >= 11 is 0. The van der Waals surface area contributed by atoms with Crippen LogP contribution in [0, 0.1) is 0 Å². The van der Waals surface area contributed by atoms with Gasteiger partial charge in [0.2, 0.25) is 0 Å². The fourth-order valence-electron chi connectivity index (χ4n) is 6.63. The molecule has 10 nitrogen and oxygen atoms in total. The van der Waals surface area contributed by atoms with Gasteiger partial charge in [0, 0.05) is 56.4 Å². The zero-order valence-electron chi connectivity index (χ0n) is 30.8. The van der Waals surface area contributed by atoms with E-state index in [4.69, 9.17) is 14.2 Å². The molecule has 4 aromatic carbocycles. The van der Waals surface area contributed by atoms with Gasteiger partial charge in [-0.2, -0.15) is 0 Å². The van der Waals surface area contributed by atoms with E-state index in [0.29, 0.717) is 12.8 Å². The first-order chi connectivity index (χ1) is 26.4. The van der Waals surface area contributed by atoms with Crippen LogP contribution in [0.5, 0.6) is 0 Å². The fourth-order valence-corrected chi connectivity index (χ4v) is 6.63. The van der Waals surface area contributed by atoms with Crippen molar-refractivity contribution >= 4 is 12.0 Å². The van der Waals surface area contributed by atoms with E-state index in [2.05, 4.69) is 33.6 Å². The molecule has 280 valence electrons. The molecular formula is C44H48N4O6. The molecule has 0 radical (unpaired) electrons. The predicted octanol–water partition coefficient (Wildman–Crippen LogP) is 6.54. The summed E-state index contributed by atoms with van der Waals surface area (Å²) in [5.74, 6) is -0.508. The number of ether oxygens (including phenoxy) is 3. The van der Waals surface area contributed by atoms with E-state index in [0.717, 1.165) is 64.1 Å². The Morgan fingerprint density at radius 2 is 1.59 bits per heavy atom. The van der Waals surface area contributed by atoms with Crippen LogP contribution in [0.3, 0.4) is 0 Å². The molecule has 0 spiro atoms. The number of rotatable bonds is 15. The van der Waals surface area contributed by atoms with Gasteiger partial charge >= 0.3 is 12.0 Å². The van der Waals surface area contributed by atoms with Crippen LogP contribution >= 0.6 is 0 Å². The quantitative estimate of drug-likeness (QED) is 0.104. The Hall–Kier alpha value is -5.39. The normalized spacial score (nSPS) is 17.4. The highest BCUT2D eigenvalue weighted by molar-refractivity contribution is 5.83. The second kappa shape index (κ2) is 19.1. The fraction of sp³-hybridized carbons (Fsp3) is 0.295. The molecule has 3 N–H and O–H groups in total. The summed E-state index contributed by atoms with van der Waals surface area (Å²) in [7, 11) is 3.42. The number of aliphatic hydroxyl groups excluding tert-OH is 1. The molecule has 0 bridgehead atoms. The summed E-state index contributed by atoms with van der Waals surface area (Å²) in [5, 5.41) is 15.2. The molecule has 1 fully saturated rings. The lowest BCUT2D eigenvalue weighted by Crippen LogP contribution is -2.47. The van der Waals surface area contributed by atoms with Crippen molar-refractivity contribution in [1.82, 2.24) is 20.5 Å². The van der Waals surface area contributed by atoms with Gasteiger partial charge in [-0.3, -0.25) is 4.98 Å². The molecule has 1 aliphatic rings. The number of urea groups is 1. The molecule has 54 heavy (non-hydrogen) atoms. The lowest BCUT2D eigenvalue weighted by molar-refractivity contribution is -0.252. The largest absolute Gasteiger partial charge is 0.467 e. The second-order valence-electron chi connectivity index (χ2n) is 13.6. The van der Waals surface area contributed by atoms with Crippen molar-refractivity contribution in [1.29, 1.82) is 0 Å². The van der Waals surface area contributed by atoms with Crippen molar-refractivity contribution in [2.24, 2.45) is 0 Å². The minimum atomic E-state index is -0.818. The van der Waals surface area contributed by atoms with Crippen LogP contribution in [0.25, 0.3) is 11.1 Å². The highest BCUT2D eigenvalue weighted by Crippen LogP contribution is 2.39. The van der Waals surface area contributed by atoms with Crippen LogP contribution in [0.4, 0.5) is 4.79 Å². The average Bonchev–Trinajstić information content (AvgIpc) is 3.22. The summed E-state index contributed by atoms with van der Waals surface area (Å²) in [6, 6.07) is 38.3. The summed E-state index contributed by atoms with van der Waals surface area (Å²) in [6.07, 6.45) is 2.81. The zero-order chi connectivity index (χ0) is 37.7. The van der Waals surface area contributed by atoms with E-state index >= 15 is 0 Å². The smallest absolute Gasteiger partial charge is 0.328 e. The number of carbonyl (C=O) groups is 2. The first-order valence-electron chi connectivity index (χ1n) is 18.3. The number of hydrogen-bond acceptors (Lipinski definition) is 8. The van der Waals surface area contributed by atoms with Crippen LogP contribution in [-0.2, 0) is 45.0 Å². The van der Waals surface area contributed by atoms with Gasteiger partial charge in [0.25, 0.3) is 0 Å². The van der Waals surface area contributed by atoms with Crippen molar-refractivity contribution < 1.29 is 28.9 Å². The number of esters is 1. The Balaban J connectivity index is 1.13. The van der Waals surface area contributed by atoms with E-state index in [1.54, 1.807) is 0 Å². The Kier molecular flexibility index (Phi) is 13.6. The highest BCUT2D eigenvalue weighted by atomic mass is 16.7. The number of methoxy groups -OCH3 is 1. The minimum absolute atomic E-state index is 0.0108. The second-order valence-corrected chi connectivity index (χ2v) is 13.6. The molecular weight excluding hydrogens is 681 g/mol. The maximum absolute atomic E-state index is 12.9. The zero-order valence-corrected chi connectivity index (χ0v) is 30.8. The SMILES string of the molecule is COC(=O)C(Cc1ccccc1)NC(=O)NCc1cccc(-c2cccc(C3OC(CN(C)CCc4ccccn4)CC(c4ccc(CO)cc4)O3)c2)c1. The third-order valence-corrected chi connectivity index (χ3v) is 9.55. The van der Waals surface area contributed by atoms with Gasteiger partial charge in [-0.15, -0.1) is 0 Å². The molecule has 2 heterocycles. The lowest BCUT2D eigenvalue weighted by atomic mass is 9.98. The number of amides is 2. The van der Waals surface area contributed by atoms with Gasteiger partial charge in [0.15, 0.2) is 6.29 Å². The number of aliphatic hydroxyl groups is 1. The number of benzene rings is 4. The molecule has 10 heteroatoms. The monoisotopic (exact) mass is 728 g/mol. The number of pyridine rings is 1. The summed E-state index contributed by atoms with van der Waals surface area (Å²) in [4.78, 5) is 32.1. The lowest BCUT2D eigenvalue weighted by Gasteiger charge is -2.38. The van der Waals surface area contributed by atoms with Crippen LogP contribution in [0.15, 0.2) is 128 Å². The molecule has 6 rings (SSSR count). The topological polar surface area (TPSA) is 122 Å². The van der Waals surface area contributed by atoms with Crippen LogP contribution < -0.4 is 10.6 Å². The third-order valence-electron chi connectivity index (χ3n) is 9.55. The molecule has 1 aromatic heterocycles. The number of nitrogens with one attached hydrogen (secondary N) is 2. The molecule has 2 amide bonds. The van der Waals surface area contributed by atoms with Gasteiger partial charge in [-0.25, -0.2) is 9.59 Å². The minimum Gasteiger partial charge on any atom is -0.467 e. The van der Waals surface area contributed by atoms with E-state index in [-0.39, 0.29) is 25.4 Å². The van der Waals surface area contributed by atoms with Crippen molar-refractivity contribution in [2.45, 2.75) is 57.0 Å². The molecule has 1 saturated heterocycles. The van der Waals surface area contributed by atoms with E-state index in [1.165, 1.54) is 7.11 Å². The van der Waals surface area contributed by atoms with Crippen LogP contribution in [0.1, 0.15) is 52.3 Å². The molecule has 1 aliphatic heterocycles. The summed E-state index contributed by atoms with van der Waals surface area (Å²) < 4.78 is 18.2. The average molecular weight is 729 g/mol. The number of hydrogen-bond donors (Lipinski definition) is 3. The number of nitrogens with zero attached hydrogens (tertiary/aromatic N) is 2. The Morgan fingerprint density at radius 1 is 0.852 bits per heavy atom. The highest BCUT2D eigenvalue weighted by Gasteiger charge is 2.33. The number of aromatic nitrogens is 1. The van der Waals surface area contributed by atoms with E-state index in [9.17, 15) is 14.7 Å². The van der Waals surface area contributed by atoms with E-state index in [1.807, 2.05) is 121 Å². The Bertz CT molecular complexity index is 1940. The van der Waals surface area contributed by atoms with E-state index < -0.39 is 24.3 Å². The standard InChI is InChI=1S/C44H48N4O6/c1-48(23-21-38-16-6-7-22-45-38)29-39-27-41(34-19-17-32(30-49)18-20-34)54-43(53-39)37-15-9-14-36(26-37)35-13-8-12-33(24-35)28-46-44(51)47-40(42(50)52-2)25-31-10-4-3-5-11-31/h3-20,22,24,26,39-41,43,49H,21,23,25,27-30H2,1-2H3,(H2,46,47,51).